The molecule has 0 bridgehead atoms. The summed E-state index contributed by atoms with van der Waals surface area (Å²) in [6.07, 6.45) is 0.877. The predicted molar refractivity (Wildman–Crippen MR) is 83.9 cm³/mol. The second kappa shape index (κ2) is 6.37. The van der Waals surface area contributed by atoms with Crippen LogP contribution in [0.2, 0.25) is 0 Å². The van der Waals surface area contributed by atoms with Crippen LogP contribution >= 0.6 is 0 Å². The highest BCUT2D eigenvalue weighted by Gasteiger charge is 2.31. The number of rotatable bonds is 5. The summed E-state index contributed by atoms with van der Waals surface area (Å²) in [5.41, 5.74) is 2.24. The van der Waals surface area contributed by atoms with Crippen LogP contribution in [0.15, 0.2) is 18.2 Å². The Balaban J connectivity index is 1.88. The van der Waals surface area contributed by atoms with E-state index in [-0.39, 0.29) is 6.10 Å². The molecule has 0 radical (unpaired) electrons. The van der Waals surface area contributed by atoms with Crippen molar-refractivity contribution in [2.75, 3.05) is 13.7 Å². The van der Waals surface area contributed by atoms with Crippen molar-refractivity contribution in [1.82, 2.24) is 15.3 Å². The zero-order chi connectivity index (χ0) is 16.4. The summed E-state index contributed by atoms with van der Waals surface area (Å²) >= 11 is 0. The highest BCUT2D eigenvalue weighted by molar-refractivity contribution is 5.77. The number of aliphatic carboxylic acids is 1. The standard InChI is InChI=1S/C16H19N3O4/c1-3-11-15(23-10-7-14(16(20)21)17-8-10)19-13-6-9(22-2)4-5-12(13)18-11/h4-6,10,14,17H,3,7-8H2,1-2H3,(H,20,21). The van der Waals surface area contributed by atoms with E-state index >= 15 is 0 Å². The van der Waals surface area contributed by atoms with Crippen molar-refractivity contribution in [1.29, 1.82) is 0 Å². The number of carboxylic acid groups (broad SMARTS) is 1. The van der Waals surface area contributed by atoms with Crippen molar-refractivity contribution in [3.8, 4) is 11.6 Å². The molecule has 0 saturated carbocycles. The van der Waals surface area contributed by atoms with Gasteiger partial charge in [-0.1, -0.05) is 6.92 Å². The maximum atomic E-state index is 11.0. The fourth-order valence-electron chi connectivity index (χ4n) is 2.65. The van der Waals surface area contributed by atoms with Gasteiger partial charge in [-0.2, -0.15) is 0 Å². The number of aryl methyl sites for hydroxylation is 1. The van der Waals surface area contributed by atoms with E-state index in [1.165, 1.54) is 0 Å². The molecule has 122 valence electrons. The van der Waals surface area contributed by atoms with Crippen molar-refractivity contribution in [2.45, 2.75) is 31.9 Å². The minimum atomic E-state index is -0.860. The van der Waals surface area contributed by atoms with Gasteiger partial charge in [-0.15, -0.1) is 0 Å². The molecule has 1 fully saturated rings. The predicted octanol–water partition coefficient (Wildman–Crippen LogP) is 1.39. The number of methoxy groups -OCH3 is 1. The van der Waals surface area contributed by atoms with E-state index in [9.17, 15) is 4.79 Å². The van der Waals surface area contributed by atoms with Crippen LogP contribution in [0.3, 0.4) is 0 Å². The topological polar surface area (TPSA) is 93.6 Å². The first-order valence-electron chi connectivity index (χ1n) is 7.58. The minimum Gasteiger partial charge on any atom is -0.497 e. The number of hydrogen-bond donors (Lipinski definition) is 2. The van der Waals surface area contributed by atoms with Crippen molar-refractivity contribution in [3.63, 3.8) is 0 Å². The van der Waals surface area contributed by atoms with E-state index in [0.717, 1.165) is 11.2 Å². The smallest absolute Gasteiger partial charge is 0.320 e. The summed E-state index contributed by atoms with van der Waals surface area (Å²) in [5, 5.41) is 12.0. The van der Waals surface area contributed by atoms with Crippen LogP contribution < -0.4 is 14.8 Å². The fraction of sp³-hybridized carbons (Fsp3) is 0.438. The molecule has 1 aliphatic rings. The molecule has 7 nitrogen and oxygen atoms in total. The van der Waals surface area contributed by atoms with Gasteiger partial charge in [0.15, 0.2) is 0 Å². The lowest BCUT2D eigenvalue weighted by molar-refractivity contribution is -0.139. The highest BCUT2D eigenvalue weighted by atomic mass is 16.5. The number of nitrogens with one attached hydrogen (secondary N) is 1. The van der Waals surface area contributed by atoms with Crippen LogP contribution in [-0.2, 0) is 11.2 Å². The van der Waals surface area contributed by atoms with Crippen LogP contribution in [0, 0.1) is 0 Å². The molecule has 2 N–H and O–H groups in total. The zero-order valence-electron chi connectivity index (χ0n) is 13.1. The monoisotopic (exact) mass is 317 g/mol. The summed E-state index contributed by atoms with van der Waals surface area (Å²) in [6.45, 7) is 2.47. The van der Waals surface area contributed by atoms with Gasteiger partial charge >= 0.3 is 5.97 Å². The summed E-state index contributed by atoms with van der Waals surface area (Å²) in [7, 11) is 1.60. The Morgan fingerprint density at radius 1 is 1.39 bits per heavy atom. The lowest BCUT2D eigenvalue weighted by atomic mass is 10.2. The first-order chi connectivity index (χ1) is 11.1. The SMILES string of the molecule is CCc1nc2ccc(OC)cc2nc1OC1CNC(C(=O)O)C1. The minimum absolute atomic E-state index is 0.223. The molecule has 0 amide bonds. The lowest BCUT2D eigenvalue weighted by Gasteiger charge is -2.15. The molecule has 1 aromatic heterocycles. The van der Waals surface area contributed by atoms with Crippen molar-refractivity contribution >= 4 is 17.0 Å². The van der Waals surface area contributed by atoms with Gasteiger partial charge in [0.05, 0.1) is 18.1 Å². The third-order valence-corrected chi connectivity index (χ3v) is 3.91. The number of carboxylic acids is 1. The largest absolute Gasteiger partial charge is 0.497 e. The number of benzene rings is 1. The van der Waals surface area contributed by atoms with E-state index < -0.39 is 12.0 Å². The van der Waals surface area contributed by atoms with Crippen LogP contribution in [0.25, 0.3) is 11.0 Å². The van der Waals surface area contributed by atoms with Gasteiger partial charge in [0.25, 0.3) is 0 Å². The van der Waals surface area contributed by atoms with Gasteiger partial charge in [-0.25, -0.2) is 9.97 Å². The molecule has 1 saturated heterocycles. The number of aromatic nitrogens is 2. The van der Waals surface area contributed by atoms with Gasteiger partial charge in [0, 0.05) is 19.0 Å². The number of ether oxygens (including phenoxy) is 2. The Bertz CT molecular complexity index is 735. The number of nitrogens with zero attached hydrogens (tertiary/aromatic N) is 2. The second-order valence-electron chi connectivity index (χ2n) is 5.46. The average molecular weight is 317 g/mol. The van der Waals surface area contributed by atoms with Crippen molar-refractivity contribution < 1.29 is 19.4 Å². The molecule has 7 heteroatoms. The number of fused-ring (bicyclic) bond motifs is 1. The van der Waals surface area contributed by atoms with Gasteiger partial charge < -0.3 is 19.9 Å². The van der Waals surface area contributed by atoms with Crippen LogP contribution in [0.1, 0.15) is 19.0 Å². The van der Waals surface area contributed by atoms with E-state index in [4.69, 9.17) is 14.6 Å². The van der Waals surface area contributed by atoms with E-state index in [1.807, 2.05) is 25.1 Å². The maximum absolute atomic E-state index is 11.0. The quantitative estimate of drug-likeness (QED) is 0.860. The normalized spacial score (nSPS) is 20.6. The third kappa shape index (κ3) is 3.19. The molecule has 0 aliphatic carbocycles. The van der Waals surface area contributed by atoms with E-state index in [0.29, 0.717) is 36.5 Å². The molecule has 2 aromatic rings. The van der Waals surface area contributed by atoms with Crippen molar-refractivity contribution in [3.05, 3.63) is 23.9 Å². The third-order valence-electron chi connectivity index (χ3n) is 3.91. The first-order valence-corrected chi connectivity index (χ1v) is 7.58. The molecular formula is C16H19N3O4. The van der Waals surface area contributed by atoms with Crippen molar-refractivity contribution in [2.24, 2.45) is 0 Å². The Labute approximate surface area is 133 Å². The van der Waals surface area contributed by atoms with Crippen LogP contribution in [-0.4, -0.2) is 46.8 Å². The zero-order valence-corrected chi connectivity index (χ0v) is 13.1. The van der Waals surface area contributed by atoms with Gasteiger partial charge in [0.1, 0.15) is 23.6 Å². The Hall–Kier alpha value is -2.41. The number of hydrogen-bond acceptors (Lipinski definition) is 6. The van der Waals surface area contributed by atoms with Gasteiger partial charge in [-0.05, 0) is 18.6 Å². The molecule has 3 rings (SSSR count). The molecule has 23 heavy (non-hydrogen) atoms. The Kier molecular flexibility index (Phi) is 4.29. The van der Waals surface area contributed by atoms with Crippen LogP contribution in [0.4, 0.5) is 0 Å². The van der Waals surface area contributed by atoms with Crippen LogP contribution in [0.5, 0.6) is 11.6 Å². The highest BCUT2D eigenvalue weighted by Crippen LogP contribution is 2.25. The second-order valence-corrected chi connectivity index (χ2v) is 5.46. The molecule has 0 spiro atoms. The molecule has 1 aliphatic heterocycles. The fourth-order valence-corrected chi connectivity index (χ4v) is 2.65. The average Bonchev–Trinajstić information content (AvgIpc) is 3.02. The number of carbonyl (C=O) groups is 1. The van der Waals surface area contributed by atoms with E-state index in [2.05, 4.69) is 15.3 Å². The summed E-state index contributed by atoms with van der Waals surface area (Å²) in [6, 6.07) is 4.94. The molecule has 2 atom stereocenters. The maximum Gasteiger partial charge on any atom is 0.320 e. The van der Waals surface area contributed by atoms with Gasteiger partial charge in [-0.3, -0.25) is 4.79 Å². The first kappa shape index (κ1) is 15.5. The Morgan fingerprint density at radius 3 is 2.87 bits per heavy atom. The van der Waals surface area contributed by atoms with E-state index in [1.54, 1.807) is 7.11 Å². The molecule has 1 aromatic carbocycles. The Morgan fingerprint density at radius 2 is 2.22 bits per heavy atom. The lowest BCUT2D eigenvalue weighted by Crippen LogP contribution is -2.30. The molecule has 2 heterocycles. The van der Waals surface area contributed by atoms with Gasteiger partial charge in [0.2, 0.25) is 5.88 Å². The summed E-state index contributed by atoms with van der Waals surface area (Å²) in [5.74, 6) is 0.308. The summed E-state index contributed by atoms with van der Waals surface area (Å²) in [4.78, 5) is 20.1. The molecule has 2 unspecified atom stereocenters. The molecular weight excluding hydrogens is 298 g/mol. The summed E-state index contributed by atoms with van der Waals surface area (Å²) < 4.78 is 11.1.